The lowest BCUT2D eigenvalue weighted by Gasteiger charge is -1.88. The molecule has 1 aliphatic rings. The molecule has 0 fully saturated rings. The van der Waals surface area contributed by atoms with Crippen molar-refractivity contribution in [2.24, 2.45) is 4.99 Å². The van der Waals surface area contributed by atoms with Gasteiger partial charge >= 0.3 is 5.97 Å². The second kappa shape index (κ2) is 3.22. The van der Waals surface area contributed by atoms with Crippen molar-refractivity contribution in [1.29, 1.82) is 0 Å². The maximum Gasteiger partial charge on any atom is 0.355 e. The third kappa shape index (κ3) is 1.73. The minimum atomic E-state index is -0.993. The molecule has 1 aliphatic heterocycles. The molecule has 0 aromatic carbocycles. The van der Waals surface area contributed by atoms with Gasteiger partial charge in [0, 0.05) is 11.6 Å². The van der Waals surface area contributed by atoms with Crippen LogP contribution in [0.3, 0.4) is 0 Å². The van der Waals surface area contributed by atoms with Crippen molar-refractivity contribution < 1.29 is 9.90 Å². The molecule has 0 radical (unpaired) electrons. The lowest BCUT2D eigenvalue weighted by molar-refractivity contribution is -0.132. The molecule has 1 heterocycles. The van der Waals surface area contributed by atoms with Gasteiger partial charge in [-0.05, 0) is 11.5 Å². The van der Waals surface area contributed by atoms with Crippen molar-refractivity contribution in [3.8, 4) is 0 Å². The van der Waals surface area contributed by atoms with Gasteiger partial charge in [-0.2, -0.15) is 0 Å². The molecule has 0 saturated heterocycles. The molecule has 0 aliphatic carbocycles. The molecule has 1 rings (SSSR count). The largest absolute Gasteiger partial charge is 0.476 e. The van der Waals surface area contributed by atoms with E-state index in [1.165, 1.54) is 23.4 Å². The van der Waals surface area contributed by atoms with Crippen LogP contribution in [0, 0.1) is 0 Å². The van der Waals surface area contributed by atoms with Crippen LogP contribution in [-0.4, -0.2) is 17.3 Å². The van der Waals surface area contributed by atoms with Gasteiger partial charge in [-0.15, -0.1) is 11.8 Å². The minimum Gasteiger partial charge on any atom is -0.476 e. The summed E-state index contributed by atoms with van der Waals surface area (Å²) in [5, 5.41) is 11.7. The van der Waals surface area contributed by atoms with Crippen LogP contribution in [0.1, 0.15) is 0 Å². The molecule has 0 atom stereocenters. The van der Waals surface area contributed by atoms with Gasteiger partial charge < -0.3 is 5.11 Å². The summed E-state index contributed by atoms with van der Waals surface area (Å²) < 4.78 is 0. The highest BCUT2D eigenvalue weighted by molar-refractivity contribution is 8.05. The fraction of sp³-hybridized carbons (Fsp3) is 0. The number of carboxylic acids is 1. The smallest absolute Gasteiger partial charge is 0.355 e. The molecule has 0 unspecified atom stereocenters. The summed E-state index contributed by atoms with van der Waals surface area (Å²) in [4.78, 5) is 13.9. The van der Waals surface area contributed by atoms with Crippen LogP contribution in [0.25, 0.3) is 0 Å². The number of aliphatic carboxylic acids is 1. The Morgan fingerprint density at radius 3 is 3.20 bits per heavy atom. The van der Waals surface area contributed by atoms with Gasteiger partial charge in [-0.25, -0.2) is 9.79 Å². The second-order valence-electron chi connectivity index (χ2n) is 1.55. The van der Waals surface area contributed by atoms with E-state index in [0.29, 0.717) is 0 Å². The van der Waals surface area contributed by atoms with E-state index in [1.807, 2.05) is 0 Å². The number of thioether (sulfide) groups is 1. The first-order chi connectivity index (χ1) is 4.80. The highest BCUT2D eigenvalue weighted by Crippen LogP contribution is 2.11. The summed E-state index contributed by atoms with van der Waals surface area (Å²) in [5.74, 6) is -0.993. The van der Waals surface area contributed by atoms with Crippen molar-refractivity contribution in [3.63, 3.8) is 0 Å². The van der Waals surface area contributed by atoms with Crippen molar-refractivity contribution in [2.45, 2.75) is 0 Å². The van der Waals surface area contributed by atoms with Crippen LogP contribution < -0.4 is 0 Å². The Morgan fingerprint density at radius 1 is 1.70 bits per heavy atom. The summed E-state index contributed by atoms with van der Waals surface area (Å²) in [6.45, 7) is 0. The lowest BCUT2D eigenvalue weighted by atomic mass is 10.5. The fourth-order valence-electron chi connectivity index (χ4n) is 0.444. The zero-order chi connectivity index (χ0) is 7.40. The normalized spacial score (nSPS) is 16.2. The van der Waals surface area contributed by atoms with E-state index < -0.39 is 5.97 Å². The Kier molecular flexibility index (Phi) is 2.28. The van der Waals surface area contributed by atoms with Gasteiger partial charge in [0.15, 0.2) is 5.70 Å². The molecule has 4 heteroatoms. The van der Waals surface area contributed by atoms with Gasteiger partial charge in [0.2, 0.25) is 0 Å². The summed E-state index contributed by atoms with van der Waals surface area (Å²) >= 11 is 1.30. The number of rotatable bonds is 1. The number of carbonyl (C=O) groups is 1. The monoisotopic (exact) mass is 155 g/mol. The van der Waals surface area contributed by atoms with E-state index in [0.717, 1.165) is 0 Å². The Balaban J connectivity index is 2.78. The summed E-state index contributed by atoms with van der Waals surface area (Å²) in [6, 6.07) is 0. The van der Waals surface area contributed by atoms with E-state index in [2.05, 4.69) is 4.99 Å². The number of nitrogens with zero attached hydrogens (tertiary/aromatic N) is 1. The van der Waals surface area contributed by atoms with Crippen LogP contribution in [0.5, 0.6) is 0 Å². The zero-order valence-electron chi connectivity index (χ0n) is 5.02. The maximum atomic E-state index is 10.3. The fourth-order valence-corrected chi connectivity index (χ4v) is 0.974. The predicted octanol–water partition coefficient (Wildman–Crippen LogP) is 1.24. The van der Waals surface area contributed by atoms with Crippen molar-refractivity contribution in [1.82, 2.24) is 0 Å². The van der Waals surface area contributed by atoms with Crippen molar-refractivity contribution in [3.05, 3.63) is 22.6 Å². The third-order valence-corrected chi connectivity index (χ3v) is 1.53. The maximum absolute atomic E-state index is 10.3. The quantitative estimate of drug-likeness (QED) is 0.619. The van der Waals surface area contributed by atoms with E-state index in [4.69, 9.17) is 5.11 Å². The molecule has 0 aromatic rings. The zero-order valence-corrected chi connectivity index (χ0v) is 5.84. The molecule has 10 heavy (non-hydrogen) atoms. The molecule has 0 amide bonds. The highest BCUT2D eigenvalue weighted by atomic mass is 32.2. The van der Waals surface area contributed by atoms with Gasteiger partial charge in [-0.3, -0.25) is 0 Å². The first-order valence-electron chi connectivity index (χ1n) is 2.59. The minimum absolute atomic E-state index is 0.0787. The van der Waals surface area contributed by atoms with Crippen molar-refractivity contribution in [2.75, 3.05) is 0 Å². The summed E-state index contributed by atoms with van der Waals surface area (Å²) in [6.07, 6.45) is 3.15. The second-order valence-corrected chi connectivity index (χ2v) is 2.33. The topological polar surface area (TPSA) is 49.7 Å². The summed E-state index contributed by atoms with van der Waals surface area (Å²) in [5.41, 5.74) is 0.0787. The summed E-state index contributed by atoms with van der Waals surface area (Å²) in [7, 11) is 0. The Labute approximate surface area is 62.2 Å². The van der Waals surface area contributed by atoms with Crippen LogP contribution >= 0.6 is 11.8 Å². The van der Waals surface area contributed by atoms with E-state index in [1.54, 1.807) is 11.5 Å². The average Bonchev–Trinajstić information content (AvgIpc) is 2.12. The highest BCUT2D eigenvalue weighted by Gasteiger charge is 2.03. The number of hydrogen-bond acceptors (Lipinski definition) is 3. The first kappa shape index (κ1) is 7.08. The van der Waals surface area contributed by atoms with E-state index >= 15 is 0 Å². The van der Waals surface area contributed by atoms with Crippen LogP contribution in [0.4, 0.5) is 0 Å². The molecule has 52 valence electrons. The molecular weight excluding hydrogens is 150 g/mol. The average molecular weight is 155 g/mol. The molecule has 0 spiro atoms. The number of hydrogen-bond donors (Lipinski definition) is 1. The number of aliphatic imine (C=N–C) groups is 1. The molecule has 3 nitrogen and oxygen atoms in total. The molecule has 0 bridgehead atoms. The first-order valence-corrected chi connectivity index (χ1v) is 3.53. The van der Waals surface area contributed by atoms with Gasteiger partial charge in [0.1, 0.15) is 0 Å². The SMILES string of the molecule is O=C(O)C1=CSC=CC=N1. The van der Waals surface area contributed by atoms with Gasteiger partial charge in [0.05, 0.1) is 0 Å². The van der Waals surface area contributed by atoms with E-state index in [9.17, 15) is 4.79 Å². The Hall–Kier alpha value is -1.03. The lowest BCUT2D eigenvalue weighted by Crippen LogP contribution is -1.96. The molecular formula is C6H5NO2S. The van der Waals surface area contributed by atoms with Crippen LogP contribution in [0.2, 0.25) is 0 Å². The Morgan fingerprint density at radius 2 is 2.50 bits per heavy atom. The molecule has 0 aromatic heterocycles. The molecule has 0 saturated carbocycles. The van der Waals surface area contributed by atoms with E-state index in [-0.39, 0.29) is 5.70 Å². The number of carboxylic acid groups (broad SMARTS) is 1. The standard InChI is InChI=1S/C6H5NO2S/c8-6(9)5-4-10-3-1-2-7-5/h1-4H,(H,8,9). The van der Waals surface area contributed by atoms with Crippen LogP contribution in [-0.2, 0) is 4.79 Å². The van der Waals surface area contributed by atoms with Crippen LogP contribution in [0.15, 0.2) is 27.6 Å². The van der Waals surface area contributed by atoms with Crippen molar-refractivity contribution >= 4 is 23.9 Å². The van der Waals surface area contributed by atoms with Gasteiger partial charge in [0.25, 0.3) is 0 Å². The predicted molar refractivity (Wildman–Crippen MR) is 40.9 cm³/mol. The van der Waals surface area contributed by atoms with Gasteiger partial charge in [-0.1, -0.05) is 0 Å². The number of allylic oxidation sites excluding steroid dienone is 1. The Bertz CT molecular complexity index is 230. The third-order valence-electron chi connectivity index (χ3n) is 0.856. The molecule has 1 N–H and O–H groups in total.